The number of hydrogen-bond donors (Lipinski definition) is 1. The average Bonchev–Trinajstić information content (AvgIpc) is 2.75. The van der Waals surface area contributed by atoms with Crippen molar-refractivity contribution in [3.05, 3.63) is 12.4 Å². The lowest BCUT2D eigenvalue weighted by atomic mass is 10.0. The van der Waals surface area contributed by atoms with Crippen LogP contribution in [0.4, 0.5) is 0 Å². The average molecular weight is 223 g/mol. The maximum absolute atomic E-state index is 6.17. The van der Waals surface area contributed by atoms with E-state index in [4.69, 9.17) is 15.2 Å². The molecule has 0 unspecified atom stereocenters. The lowest BCUT2D eigenvalue weighted by Gasteiger charge is -2.22. The fourth-order valence-corrected chi connectivity index (χ4v) is 1.94. The van der Waals surface area contributed by atoms with Crippen LogP contribution in [0, 0.1) is 0 Å². The van der Waals surface area contributed by atoms with Gasteiger partial charge in [0.25, 0.3) is 0 Å². The Balaban J connectivity index is 1.93. The predicted octanol–water partition coefficient (Wildman–Crippen LogP) is 1.14. The van der Waals surface area contributed by atoms with Crippen LogP contribution in [-0.2, 0) is 0 Å². The van der Waals surface area contributed by atoms with Crippen LogP contribution >= 0.6 is 0 Å². The van der Waals surface area contributed by atoms with Crippen molar-refractivity contribution in [1.82, 2.24) is 9.97 Å². The first-order chi connectivity index (χ1) is 7.72. The van der Waals surface area contributed by atoms with Gasteiger partial charge in [-0.15, -0.1) is 0 Å². The molecular formula is C11H17N3O2. The molecule has 5 heteroatoms. The molecule has 0 bridgehead atoms. The molecule has 0 amide bonds. The van der Waals surface area contributed by atoms with Crippen LogP contribution in [0.2, 0.25) is 0 Å². The summed E-state index contributed by atoms with van der Waals surface area (Å²) in [4.78, 5) is 8.09. The summed E-state index contributed by atoms with van der Waals surface area (Å²) < 4.78 is 10.5. The number of nitrogens with zero attached hydrogens (tertiary/aromatic N) is 2. The minimum Gasteiger partial charge on any atom is -0.480 e. The van der Waals surface area contributed by atoms with Gasteiger partial charge in [-0.05, 0) is 12.8 Å². The molecule has 88 valence electrons. The molecule has 1 saturated carbocycles. The number of methoxy groups -OCH3 is 1. The highest BCUT2D eigenvalue weighted by Crippen LogP contribution is 2.27. The first kappa shape index (κ1) is 11.1. The summed E-state index contributed by atoms with van der Waals surface area (Å²) in [5, 5.41) is 0. The molecule has 16 heavy (non-hydrogen) atoms. The summed E-state index contributed by atoms with van der Waals surface area (Å²) >= 11 is 0. The van der Waals surface area contributed by atoms with E-state index in [-0.39, 0.29) is 5.54 Å². The van der Waals surface area contributed by atoms with E-state index < -0.39 is 0 Å². The van der Waals surface area contributed by atoms with Crippen molar-refractivity contribution in [1.29, 1.82) is 0 Å². The molecule has 0 radical (unpaired) electrons. The second-order valence-corrected chi connectivity index (χ2v) is 4.26. The molecule has 5 nitrogen and oxygen atoms in total. The largest absolute Gasteiger partial charge is 0.480 e. The van der Waals surface area contributed by atoms with Crippen LogP contribution in [-0.4, -0.2) is 29.2 Å². The molecule has 1 aliphatic rings. The Kier molecular flexibility index (Phi) is 3.24. The topological polar surface area (TPSA) is 70.3 Å². The first-order valence-corrected chi connectivity index (χ1v) is 5.50. The summed E-state index contributed by atoms with van der Waals surface area (Å²) in [5.41, 5.74) is 5.98. The molecule has 2 rings (SSSR count). The van der Waals surface area contributed by atoms with E-state index in [0.29, 0.717) is 18.4 Å². The summed E-state index contributed by atoms with van der Waals surface area (Å²) in [6, 6.07) is 0. The van der Waals surface area contributed by atoms with Crippen LogP contribution in [0.1, 0.15) is 25.7 Å². The van der Waals surface area contributed by atoms with Crippen molar-refractivity contribution in [3.8, 4) is 11.8 Å². The van der Waals surface area contributed by atoms with Crippen LogP contribution in [0.15, 0.2) is 12.4 Å². The quantitative estimate of drug-likeness (QED) is 0.828. The van der Waals surface area contributed by atoms with E-state index >= 15 is 0 Å². The molecule has 0 spiro atoms. The van der Waals surface area contributed by atoms with E-state index in [1.807, 2.05) is 0 Å². The number of aromatic nitrogens is 2. The first-order valence-electron chi connectivity index (χ1n) is 5.50. The monoisotopic (exact) mass is 223 g/mol. The molecule has 0 saturated heterocycles. The smallest absolute Gasteiger partial charge is 0.235 e. The van der Waals surface area contributed by atoms with Crippen molar-refractivity contribution in [2.45, 2.75) is 31.2 Å². The predicted molar refractivity (Wildman–Crippen MR) is 59.5 cm³/mol. The number of ether oxygens (including phenoxy) is 2. The minimum atomic E-state index is -0.190. The maximum Gasteiger partial charge on any atom is 0.235 e. The molecule has 2 N–H and O–H groups in total. The highest BCUT2D eigenvalue weighted by molar-refractivity contribution is 5.12. The highest BCUT2D eigenvalue weighted by atomic mass is 16.5. The zero-order chi connectivity index (χ0) is 11.4. The second-order valence-electron chi connectivity index (χ2n) is 4.26. The SMILES string of the molecule is COc1cncc(OCC2(N)CCCC2)n1. The van der Waals surface area contributed by atoms with Gasteiger partial charge in [0.15, 0.2) is 0 Å². The fraction of sp³-hybridized carbons (Fsp3) is 0.636. The Labute approximate surface area is 95.0 Å². The highest BCUT2D eigenvalue weighted by Gasteiger charge is 2.30. The number of hydrogen-bond acceptors (Lipinski definition) is 5. The Hall–Kier alpha value is -1.36. The third-order valence-corrected chi connectivity index (χ3v) is 2.91. The second kappa shape index (κ2) is 4.65. The van der Waals surface area contributed by atoms with Crippen LogP contribution in [0.25, 0.3) is 0 Å². The van der Waals surface area contributed by atoms with Gasteiger partial charge in [0, 0.05) is 0 Å². The van der Waals surface area contributed by atoms with Gasteiger partial charge in [0.05, 0.1) is 25.0 Å². The summed E-state index contributed by atoms with van der Waals surface area (Å²) in [7, 11) is 1.55. The van der Waals surface area contributed by atoms with Crippen molar-refractivity contribution in [3.63, 3.8) is 0 Å². The molecule has 0 aromatic carbocycles. The number of nitrogens with two attached hydrogens (primary N) is 1. The van der Waals surface area contributed by atoms with Crippen molar-refractivity contribution in [2.24, 2.45) is 5.73 Å². The van der Waals surface area contributed by atoms with E-state index in [9.17, 15) is 0 Å². The number of rotatable bonds is 4. The zero-order valence-corrected chi connectivity index (χ0v) is 9.48. The molecule has 1 heterocycles. The van der Waals surface area contributed by atoms with Gasteiger partial charge in [-0.25, -0.2) is 0 Å². The minimum absolute atomic E-state index is 0.190. The lowest BCUT2D eigenvalue weighted by molar-refractivity contribution is 0.210. The fourth-order valence-electron chi connectivity index (χ4n) is 1.94. The van der Waals surface area contributed by atoms with E-state index in [1.54, 1.807) is 19.5 Å². The molecular weight excluding hydrogens is 206 g/mol. The molecule has 1 aromatic heterocycles. The third-order valence-electron chi connectivity index (χ3n) is 2.91. The Morgan fingerprint density at radius 3 is 2.69 bits per heavy atom. The van der Waals surface area contributed by atoms with Gasteiger partial charge >= 0.3 is 0 Å². The maximum atomic E-state index is 6.17. The third kappa shape index (κ3) is 2.61. The van der Waals surface area contributed by atoms with Gasteiger partial charge < -0.3 is 15.2 Å². The van der Waals surface area contributed by atoms with Crippen LogP contribution < -0.4 is 15.2 Å². The lowest BCUT2D eigenvalue weighted by Crippen LogP contribution is -2.42. The van der Waals surface area contributed by atoms with Gasteiger partial charge in [0.1, 0.15) is 6.61 Å². The van der Waals surface area contributed by atoms with E-state index in [1.165, 1.54) is 12.8 Å². The van der Waals surface area contributed by atoms with Crippen molar-refractivity contribution < 1.29 is 9.47 Å². The molecule has 0 aliphatic heterocycles. The van der Waals surface area contributed by atoms with Crippen LogP contribution in [0.3, 0.4) is 0 Å². The Morgan fingerprint density at radius 2 is 2.00 bits per heavy atom. The van der Waals surface area contributed by atoms with Gasteiger partial charge in [-0.2, -0.15) is 4.98 Å². The molecule has 1 aromatic rings. The van der Waals surface area contributed by atoms with Crippen LogP contribution in [0.5, 0.6) is 11.8 Å². The van der Waals surface area contributed by atoms with Crippen molar-refractivity contribution in [2.75, 3.05) is 13.7 Å². The zero-order valence-electron chi connectivity index (χ0n) is 9.48. The van der Waals surface area contributed by atoms with Gasteiger partial charge in [0.2, 0.25) is 11.8 Å². The summed E-state index contributed by atoms with van der Waals surface area (Å²) in [5.74, 6) is 0.922. The molecule has 1 fully saturated rings. The van der Waals surface area contributed by atoms with E-state index in [0.717, 1.165) is 12.8 Å². The normalized spacial score (nSPS) is 18.4. The van der Waals surface area contributed by atoms with Gasteiger partial charge in [-0.3, -0.25) is 4.98 Å². The summed E-state index contributed by atoms with van der Waals surface area (Å²) in [6.07, 6.45) is 7.52. The van der Waals surface area contributed by atoms with Gasteiger partial charge in [-0.1, -0.05) is 12.8 Å². The Morgan fingerprint density at radius 1 is 1.31 bits per heavy atom. The molecule has 0 atom stereocenters. The molecule has 1 aliphatic carbocycles. The Bertz CT molecular complexity index is 351. The van der Waals surface area contributed by atoms with Crippen molar-refractivity contribution >= 4 is 0 Å². The standard InChI is InChI=1S/C11H17N3O2/c1-15-9-6-13-7-10(14-9)16-8-11(12)4-2-3-5-11/h6-7H,2-5,8,12H2,1H3. The summed E-state index contributed by atoms with van der Waals surface area (Å²) in [6.45, 7) is 0.495. The van der Waals surface area contributed by atoms with E-state index in [2.05, 4.69) is 9.97 Å².